The fourth-order valence-corrected chi connectivity index (χ4v) is 3.32. The predicted molar refractivity (Wildman–Crippen MR) is 99.1 cm³/mol. The molecule has 0 spiro atoms. The van der Waals surface area contributed by atoms with Crippen LogP contribution in [-0.2, 0) is 0 Å². The Morgan fingerprint density at radius 1 is 0.960 bits per heavy atom. The maximum atomic E-state index is 12.6. The number of nitro benzene ring substituents is 1. The first kappa shape index (κ1) is 17.7. The topological polar surface area (TPSA) is 63.5 Å². The summed E-state index contributed by atoms with van der Waals surface area (Å²) in [5, 5.41) is 12.1. The third-order valence-electron chi connectivity index (χ3n) is 4.31. The van der Waals surface area contributed by atoms with Gasteiger partial charge in [-0.3, -0.25) is 14.9 Å². The highest BCUT2D eigenvalue weighted by Gasteiger charge is 2.23. The number of piperidine rings is 1. The highest BCUT2D eigenvalue weighted by Crippen LogP contribution is 2.32. The molecule has 0 aliphatic carbocycles. The Labute approximate surface area is 155 Å². The first-order valence-corrected chi connectivity index (χ1v) is 8.76. The molecule has 1 heterocycles. The molecule has 0 saturated carbocycles. The van der Waals surface area contributed by atoms with Gasteiger partial charge in [-0.1, -0.05) is 23.2 Å². The van der Waals surface area contributed by atoms with Crippen LogP contribution < -0.4 is 4.90 Å². The van der Waals surface area contributed by atoms with Gasteiger partial charge in [0, 0.05) is 30.3 Å². The first-order chi connectivity index (χ1) is 12.0. The molecule has 0 radical (unpaired) electrons. The van der Waals surface area contributed by atoms with E-state index in [0.29, 0.717) is 16.3 Å². The largest absolute Gasteiger partial charge is 0.366 e. The molecule has 0 atom stereocenters. The lowest BCUT2D eigenvalue weighted by Gasteiger charge is -2.28. The van der Waals surface area contributed by atoms with Crippen molar-refractivity contribution in [2.45, 2.75) is 19.3 Å². The van der Waals surface area contributed by atoms with Crippen LogP contribution in [0.25, 0.3) is 0 Å². The van der Waals surface area contributed by atoms with Gasteiger partial charge in [-0.2, -0.15) is 0 Å². The predicted octanol–water partition coefficient (Wildman–Crippen LogP) is 5.12. The third kappa shape index (κ3) is 3.78. The summed E-state index contributed by atoms with van der Waals surface area (Å²) in [5.74, 6) is -0.327. The van der Waals surface area contributed by atoms with Crippen molar-refractivity contribution >= 4 is 40.4 Å². The average Bonchev–Trinajstić information content (AvgIpc) is 2.63. The number of carbonyl (C=O) groups is 1. The number of halogens is 2. The van der Waals surface area contributed by atoms with Crippen LogP contribution in [0.1, 0.15) is 35.2 Å². The number of anilines is 1. The Bertz CT molecular complexity index is 833. The van der Waals surface area contributed by atoms with Crippen molar-refractivity contribution in [2.75, 3.05) is 18.0 Å². The number of nitrogens with zero attached hydrogens (tertiary/aromatic N) is 2. The molecule has 2 aromatic carbocycles. The number of carbonyl (C=O) groups excluding carboxylic acids is 1. The normalized spacial score (nSPS) is 14.4. The van der Waals surface area contributed by atoms with Gasteiger partial charge in [0.2, 0.25) is 0 Å². The van der Waals surface area contributed by atoms with E-state index in [9.17, 15) is 14.9 Å². The van der Waals surface area contributed by atoms with Crippen molar-refractivity contribution in [3.8, 4) is 0 Å². The van der Waals surface area contributed by atoms with Crippen LogP contribution in [0.3, 0.4) is 0 Å². The minimum Gasteiger partial charge on any atom is -0.366 e. The van der Waals surface area contributed by atoms with Gasteiger partial charge in [0.15, 0.2) is 5.78 Å². The molecule has 1 aliphatic heterocycles. The second-order valence-corrected chi connectivity index (χ2v) is 6.78. The standard InChI is InChI=1S/C18H16Cl2N2O3/c19-14-6-4-12(10-15(14)20)18(23)13-5-7-16(17(11-13)22(24)25)21-8-2-1-3-9-21/h4-7,10-11H,1-3,8-9H2. The van der Waals surface area contributed by atoms with E-state index in [4.69, 9.17) is 23.2 Å². The van der Waals surface area contributed by atoms with Crippen LogP contribution in [0.4, 0.5) is 11.4 Å². The quantitative estimate of drug-likeness (QED) is 0.420. The second-order valence-electron chi connectivity index (χ2n) is 5.97. The molecule has 5 nitrogen and oxygen atoms in total. The minimum absolute atomic E-state index is 0.0483. The van der Waals surface area contributed by atoms with Crippen LogP contribution >= 0.6 is 23.2 Å². The second kappa shape index (κ2) is 7.42. The number of rotatable bonds is 4. The lowest BCUT2D eigenvalue weighted by molar-refractivity contribution is -0.384. The maximum Gasteiger partial charge on any atom is 0.293 e. The lowest BCUT2D eigenvalue weighted by atomic mass is 10.0. The molecule has 130 valence electrons. The zero-order valence-electron chi connectivity index (χ0n) is 13.4. The monoisotopic (exact) mass is 378 g/mol. The molecule has 7 heteroatoms. The molecule has 1 aliphatic rings. The molecule has 3 rings (SSSR count). The van der Waals surface area contributed by atoms with Crippen LogP contribution in [0.2, 0.25) is 10.0 Å². The smallest absolute Gasteiger partial charge is 0.293 e. The fourth-order valence-electron chi connectivity index (χ4n) is 3.02. The Morgan fingerprint density at radius 2 is 1.60 bits per heavy atom. The first-order valence-electron chi connectivity index (χ1n) is 8.00. The van der Waals surface area contributed by atoms with Gasteiger partial charge in [-0.25, -0.2) is 0 Å². The van der Waals surface area contributed by atoms with E-state index >= 15 is 0 Å². The molecule has 1 saturated heterocycles. The van der Waals surface area contributed by atoms with Crippen molar-refractivity contribution in [2.24, 2.45) is 0 Å². The highest BCUT2D eigenvalue weighted by atomic mass is 35.5. The van der Waals surface area contributed by atoms with E-state index in [0.717, 1.165) is 32.4 Å². The third-order valence-corrected chi connectivity index (χ3v) is 5.05. The number of ketones is 1. The number of nitro groups is 1. The molecule has 0 amide bonds. The average molecular weight is 379 g/mol. The van der Waals surface area contributed by atoms with E-state index in [1.54, 1.807) is 18.2 Å². The summed E-state index contributed by atoms with van der Waals surface area (Å²) >= 11 is 11.8. The van der Waals surface area contributed by atoms with Crippen molar-refractivity contribution < 1.29 is 9.72 Å². The van der Waals surface area contributed by atoms with Crippen LogP contribution in [0.5, 0.6) is 0 Å². The van der Waals surface area contributed by atoms with E-state index < -0.39 is 4.92 Å². The van der Waals surface area contributed by atoms with Crippen LogP contribution in [0.15, 0.2) is 36.4 Å². The van der Waals surface area contributed by atoms with Gasteiger partial charge in [-0.15, -0.1) is 0 Å². The Morgan fingerprint density at radius 3 is 2.24 bits per heavy atom. The SMILES string of the molecule is O=C(c1ccc(Cl)c(Cl)c1)c1ccc(N2CCCCC2)c([N+](=O)[O-])c1. The summed E-state index contributed by atoms with van der Waals surface area (Å²) in [6.07, 6.45) is 3.17. The van der Waals surface area contributed by atoms with E-state index in [1.807, 2.05) is 4.90 Å². The zero-order valence-corrected chi connectivity index (χ0v) is 14.9. The van der Waals surface area contributed by atoms with Gasteiger partial charge in [0.1, 0.15) is 5.69 Å². The number of hydrogen-bond donors (Lipinski definition) is 0. The Kier molecular flexibility index (Phi) is 5.25. The molecular weight excluding hydrogens is 363 g/mol. The van der Waals surface area contributed by atoms with Gasteiger partial charge in [0.25, 0.3) is 5.69 Å². The molecule has 0 unspecified atom stereocenters. The molecule has 0 aromatic heterocycles. The molecular formula is C18H16Cl2N2O3. The molecule has 1 fully saturated rings. The summed E-state index contributed by atoms with van der Waals surface area (Å²) in [4.78, 5) is 25.7. The lowest BCUT2D eigenvalue weighted by Crippen LogP contribution is -2.30. The minimum atomic E-state index is -0.435. The van der Waals surface area contributed by atoms with Gasteiger partial charge in [0.05, 0.1) is 15.0 Å². The van der Waals surface area contributed by atoms with Crippen molar-refractivity contribution in [3.05, 3.63) is 67.7 Å². The molecule has 25 heavy (non-hydrogen) atoms. The van der Waals surface area contributed by atoms with Crippen LogP contribution in [0, 0.1) is 10.1 Å². The Hall–Kier alpha value is -2.11. The molecule has 0 N–H and O–H groups in total. The van der Waals surface area contributed by atoms with E-state index in [2.05, 4.69) is 0 Å². The van der Waals surface area contributed by atoms with Gasteiger partial charge >= 0.3 is 0 Å². The van der Waals surface area contributed by atoms with E-state index in [-0.39, 0.29) is 22.1 Å². The Balaban J connectivity index is 1.96. The number of benzene rings is 2. The summed E-state index contributed by atoms with van der Waals surface area (Å²) < 4.78 is 0. The maximum absolute atomic E-state index is 12.6. The van der Waals surface area contributed by atoms with Crippen molar-refractivity contribution in [1.82, 2.24) is 0 Å². The van der Waals surface area contributed by atoms with Crippen LogP contribution in [-0.4, -0.2) is 23.8 Å². The fraction of sp³-hybridized carbons (Fsp3) is 0.278. The highest BCUT2D eigenvalue weighted by molar-refractivity contribution is 6.42. The van der Waals surface area contributed by atoms with Gasteiger partial charge in [-0.05, 0) is 49.6 Å². The molecule has 2 aromatic rings. The summed E-state index contributed by atoms with van der Waals surface area (Å²) in [6.45, 7) is 1.59. The molecule has 0 bridgehead atoms. The zero-order chi connectivity index (χ0) is 18.0. The summed E-state index contributed by atoms with van der Waals surface area (Å²) in [5.41, 5.74) is 1.11. The van der Waals surface area contributed by atoms with Gasteiger partial charge < -0.3 is 4.90 Å². The summed E-state index contributed by atoms with van der Waals surface area (Å²) in [7, 11) is 0. The number of hydrogen-bond acceptors (Lipinski definition) is 4. The van der Waals surface area contributed by atoms with E-state index in [1.165, 1.54) is 18.2 Å². The van der Waals surface area contributed by atoms with Crippen molar-refractivity contribution in [3.63, 3.8) is 0 Å². The van der Waals surface area contributed by atoms with Crippen molar-refractivity contribution in [1.29, 1.82) is 0 Å². The summed E-state index contributed by atoms with van der Waals surface area (Å²) in [6, 6.07) is 9.19.